The molecule has 8 heteroatoms. The fraction of sp³-hybridized carbons (Fsp3) is 0.148. The highest BCUT2D eigenvalue weighted by molar-refractivity contribution is 8.29. The Labute approximate surface area is 212 Å². The first-order valence-corrected chi connectivity index (χ1v) is 12.8. The molecule has 5 rings (SSSR count). The van der Waals surface area contributed by atoms with Gasteiger partial charge in [0.05, 0.1) is 17.2 Å². The average molecular weight is 502 g/mol. The minimum Gasteiger partial charge on any atom is -0.461 e. The molecule has 176 valence electrons. The summed E-state index contributed by atoms with van der Waals surface area (Å²) in [6.45, 7) is 4.01. The first-order chi connectivity index (χ1) is 17.0. The molecule has 1 atom stereocenters. The van der Waals surface area contributed by atoms with E-state index in [0.29, 0.717) is 10.6 Å². The van der Waals surface area contributed by atoms with Crippen LogP contribution in [0.2, 0.25) is 0 Å². The van der Waals surface area contributed by atoms with Crippen molar-refractivity contribution >= 4 is 57.9 Å². The summed E-state index contributed by atoms with van der Waals surface area (Å²) < 4.78 is 4.20. The van der Waals surface area contributed by atoms with Crippen molar-refractivity contribution in [3.63, 3.8) is 0 Å². The predicted octanol–water partition coefficient (Wildman–Crippen LogP) is 5.86. The molecule has 1 spiro atoms. The van der Waals surface area contributed by atoms with Gasteiger partial charge in [-0.3, -0.25) is 9.69 Å². The standard InChI is InChI=1S/C27H23N3O3S2/c1-3-33-26(32)24-28-30(22-16-14-19(2)15-17-22)27(35-24)29(21-12-8-5-9-13-21)25(31)23(34-27)18-20-10-6-4-7-11-20/h4-18H,3H2,1-2H3/b23-18+/t27-/m1/s1. The number of hydrogen-bond acceptors (Lipinski definition) is 7. The van der Waals surface area contributed by atoms with E-state index < -0.39 is 10.3 Å². The summed E-state index contributed by atoms with van der Waals surface area (Å²) in [6, 6.07) is 27.1. The summed E-state index contributed by atoms with van der Waals surface area (Å²) in [4.78, 5) is 29.0. The SMILES string of the molecule is CCOC(=O)C1=NN(c2ccc(C)cc2)[C@@]2(S1)S/C(=C/c1ccccc1)C(=O)N2c1ccccc1. The Morgan fingerprint density at radius 1 is 0.943 bits per heavy atom. The van der Waals surface area contributed by atoms with Gasteiger partial charge < -0.3 is 4.74 Å². The largest absolute Gasteiger partial charge is 0.461 e. The van der Waals surface area contributed by atoms with Gasteiger partial charge in [0.15, 0.2) is 0 Å². The van der Waals surface area contributed by atoms with Gasteiger partial charge in [0, 0.05) is 5.69 Å². The van der Waals surface area contributed by atoms with E-state index >= 15 is 0 Å². The topological polar surface area (TPSA) is 62.2 Å². The van der Waals surface area contributed by atoms with E-state index in [2.05, 4.69) is 5.10 Å². The summed E-state index contributed by atoms with van der Waals surface area (Å²) in [5, 5.41) is 6.65. The van der Waals surface area contributed by atoms with Crippen molar-refractivity contribution in [2.75, 3.05) is 16.5 Å². The second-order valence-electron chi connectivity index (χ2n) is 7.92. The monoisotopic (exact) mass is 501 g/mol. The highest BCUT2D eigenvalue weighted by Crippen LogP contribution is 2.59. The smallest absolute Gasteiger partial charge is 0.365 e. The van der Waals surface area contributed by atoms with Crippen molar-refractivity contribution in [3.05, 3.63) is 101 Å². The van der Waals surface area contributed by atoms with Crippen LogP contribution in [0.25, 0.3) is 6.08 Å². The second-order valence-corrected chi connectivity index (χ2v) is 10.6. The quantitative estimate of drug-likeness (QED) is 0.323. The Kier molecular flexibility index (Phi) is 6.40. The average Bonchev–Trinajstić information content (AvgIpc) is 3.38. The third-order valence-corrected chi connectivity index (χ3v) is 8.16. The highest BCUT2D eigenvalue weighted by atomic mass is 32.2. The maximum Gasteiger partial charge on any atom is 0.365 e. The van der Waals surface area contributed by atoms with Gasteiger partial charge in [-0.25, -0.2) is 9.80 Å². The van der Waals surface area contributed by atoms with Crippen molar-refractivity contribution in [1.29, 1.82) is 0 Å². The molecule has 0 aliphatic carbocycles. The Balaban J connectivity index is 1.67. The number of amides is 1. The van der Waals surface area contributed by atoms with E-state index in [1.807, 2.05) is 97.9 Å². The lowest BCUT2D eigenvalue weighted by molar-refractivity contribution is -0.134. The van der Waals surface area contributed by atoms with Crippen molar-refractivity contribution < 1.29 is 14.3 Å². The predicted molar refractivity (Wildman–Crippen MR) is 144 cm³/mol. The molecule has 2 aliphatic rings. The maximum absolute atomic E-state index is 13.9. The first-order valence-electron chi connectivity index (χ1n) is 11.2. The van der Waals surface area contributed by atoms with Crippen molar-refractivity contribution in [2.45, 2.75) is 18.2 Å². The Bertz CT molecular complexity index is 1310. The molecule has 3 aromatic rings. The van der Waals surface area contributed by atoms with Crippen LogP contribution >= 0.6 is 23.5 Å². The van der Waals surface area contributed by atoms with Crippen LogP contribution in [0.15, 0.2) is 94.9 Å². The number of thioether (sulfide) groups is 2. The normalized spacial score (nSPS) is 20.6. The zero-order valence-electron chi connectivity index (χ0n) is 19.3. The van der Waals surface area contributed by atoms with Gasteiger partial charge >= 0.3 is 5.97 Å². The van der Waals surface area contributed by atoms with E-state index in [9.17, 15) is 9.59 Å². The fourth-order valence-corrected chi connectivity index (χ4v) is 6.72. The van der Waals surface area contributed by atoms with Crippen LogP contribution < -0.4 is 9.91 Å². The van der Waals surface area contributed by atoms with Gasteiger partial charge in [0.2, 0.25) is 9.37 Å². The van der Waals surface area contributed by atoms with Gasteiger partial charge in [0.25, 0.3) is 5.91 Å². The molecule has 2 aliphatic heterocycles. The van der Waals surface area contributed by atoms with Crippen LogP contribution in [0.4, 0.5) is 11.4 Å². The number of nitrogens with zero attached hydrogens (tertiary/aromatic N) is 3. The molecule has 0 unspecified atom stereocenters. The van der Waals surface area contributed by atoms with Gasteiger partial charge in [-0.2, -0.15) is 5.10 Å². The van der Waals surface area contributed by atoms with E-state index in [1.165, 1.54) is 23.5 Å². The van der Waals surface area contributed by atoms with Crippen LogP contribution in [0.3, 0.4) is 0 Å². The van der Waals surface area contributed by atoms with E-state index in [-0.39, 0.29) is 17.6 Å². The van der Waals surface area contributed by atoms with Crippen LogP contribution in [0.1, 0.15) is 18.1 Å². The van der Waals surface area contributed by atoms with Crippen LogP contribution in [0.5, 0.6) is 0 Å². The number of aryl methyl sites for hydroxylation is 1. The molecule has 0 aromatic heterocycles. The molecule has 1 amide bonds. The highest BCUT2D eigenvalue weighted by Gasteiger charge is 2.60. The Morgan fingerprint density at radius 3 is 2.26 bits per heavy atom. The van der Waals surface area contributed by atoms with E-state index in [0.717, 1.165) is 16.8 Å². The molecule has 2 heterocycles. The zero-order chi connectivity index (χ0) is 24.4. The molecule has 0 bridgehead atoms. The minimum atomic E-state index is -1.07. The van der Waals surface area contributed by atoms with Gasteiger partial charge in [-0.05, 0) is 61.5 Å². The van der Waals surface area contributed by atoms with Crippen molar-refractivity contribution in [2.24, 2.45) is 5.10 Å². The number of carbonyl (C=O) groups excluding carboxylic acids is 2. The lowest BCUT2D eigenvalue weighted by atomic mass is 10.2. The number of para-hydroxylation sites is 1. The van der Waals surface area contributed by atoms with E-state index in [1.54, 1.807) is 16.8 Å². The lowest BCUT2D eigenvalue weighted by Gasteiger charge is -2.38. The molecule has 0 radical (unpaired) electrons. The minimum absolute atomic E-state index is 0.157. The molecule has 35 heavy (non-hydrogen) atoms. The van der Waals surface area contributed by atoms with Crippen molar-refractivity contribution in [1.82, 2.24) is 0 Å². The number of hydrogen-bond donors (Lipinski definition) is 0. The van der Waals surface area contributed by atoms with Crippen LogP contribution in [0, 0.1) is 6.92 Å². The van der Waals surface area contributed by atoms with Gasteiger partial charge in [0.1, 0.15) is 0 Å². The molecule has 0 saturated carbocycles. The second kappa shape index (κ2) is 9.64. The maximum atomic E-state index is 13.9. The summed E-state index contributed by atoms with van der Waals surface area (Å²) in [5.74, 6) is -0.664. The summed E-state index contributed by atoms with van der Waals surface area (Å²) in [5.41, 5.74) is 3.50. The molecule has 3 aromatic carbocycles. The lowest BCUT2D eigenvalue weighted by Crippen LogP contribution is -2.51. The number of benzene rings is 3. The fourth-order valence-electron chi connectivity index (χ4n) is 3.85. The number of hydrazone groups is 1. The first kappa shape index (κ1) is 23.3. The number of esters is 1. The molecular formula is C27H23N3O3S2. The molecule has 6 nitrogen and oxygen atoms in total. The molecule has 1 saturated heterocycles. The van der Waals surface area contributed by atoms with Gasteiger partial charge in [-0.15, -0.1) is 0 Å². The number of rotatable bonds is 5. The third-order valence-electron chi connectivity index (χ3n) is 5.47. The number of carbonyl (C=O) groups is 2. The van der Waals surface area contributed by atoms with E-state index in [4.69, 9.17) is 4.74 Å². The molecule has 0 N–H and O–H groups in total. The number of ether oxygens (including phenoxy) is 1. The summed E-state index contributed by atoms with van der Waals surface area (Å²) in [7, 11) is 0. The third kappa shape index (κ3) is 4.35. The Morgan fingerprint density at radius 2 is 1.60 bits per heavy atom. The Hall–Kier alpha value is -3.49. The summed E-state index contributed by atoms with van der Waals surface area (Å²) in [6.07, 6.45) is 1.88. The number of anilines is 2. The molecule has 1 fully saturated rings. The van der Waals surface area contributed by atoms with Crippen molar-refractivity contribution in [3.8, 4) is 0 Å². The van der Waals surface area contributed by atoms with Crippen LogP contribution in [-0.2, 0) is 14.3 Å². The molecular weight excluding hydrogens is 478 g/mol. The zero-order valence-corrected chi connectivity index (χ0v) is 20.9. The van der Waals surface area contributed by atoms with Crippen LogP contribution in [-0.4, -0.2) is 27.9 Å². The summed E-state index contributed by atoms with van der Waals surface area (Å²) >= 11 is 2.60. The van der Waals surface area contributed by atoms with Gasteiger partial charge in [-0.1, -0.05) is 78.0 Å².